The highest BCUT2D eigenvalue weighted by molar-refractivity contribution is 5.81. The number of rotatable bonds is 5. The SMILES string of the molecule is CCOc1ccc(CNC(=NC)N2CCC(C(=O)N3CCOCC3)CC2)cc1F. The van der Waals surface area contributed by atoms with Crippen molar-refractivity contribution < 1.29 is 18.7 Å². The summed E-state index contributed by atoms with van der Waals surface area (Å²) in [7, 11) is 1.74. The van der Waals surface area contributed by atoms with E-state index in [9.17, 15) is 9.18 Å². The maximum Gasteiger partial charge on any atom is 0.225 e. The third kappa shape index (κ3) is 5.59. The second-order valence-corrected chi connectivity index (χ2v) is 7.30. The molecule has 0 aliphatic carbocycles. The summed E-state index contributed by atoms with van der Waals surface area (Å²) in [5.41, 5.74) is 0.824. The molecule has 2 fully saturated rings. The molecule has 0 unspecified atom stereocenters. The first kappa shape index (κ1) is 21.4. The van der Waals surface area contributed by atoms with Crippen LogP contribution in [0.2, 0.25) is 0 Å². The Hall–Kier alpha value is -2.35. The monoisotopic (exact) mass is 406 g/mol. The van der Waals surface area contributed by atoms with Crippen LogP contribution in [0.15, 0.2) is 23.2 Å². The van der Waals surface area contributed by atoms with Gasteiger partial charge in [-0.1, -0.05) is 6.07 Å². The van der Waals surface area contributed by atoms with Crippen LogP contribution < -0.4 is 10.1 Å². The van der Waals surface area contributed by atoms with Gasteiger partial charge in [-0.2, -0.15) is 0 Å². The Kier molecular flexibility index (Phi) is 7.69. The molecule has 7 nitrogen and oxygen atoms in total. The Morgan fingerprint density at radius 2 is 1.97 bits per heavy atom. The zero-order valence-corrected chi connectivity index (χ0v) is 17.3. The second kappa shape index (κ2) is 10.4. The number of hydrogen-bond acceptors (Lipinski definition) is 4. The number of benzene rings is 1. The Balaban J connectivity index is 1.49. The third-order valence-electron chi connectivity index (χ3n) is 5.43. The van der Waals surface area contributed by atoms with Crippen molar-refractivity contribution in [1.82, 2.24) is 15.1 Å². The van der Waals surface area contributed by atoms with Crippen molar-refractivity contribution in [3.05, 3.63) is 29.6 Å². The third-order valence-corrected chi connectivity index (χ3v) is 5.43. The summed E-state index contributed by atoms with van der Waals surface area (Å²) < 4.78 is 24.6. The summed E-state index contributed by atoms with van der Waals surface area (Å²) in [6, 6.07) is 4.99. The minimum absolute atomic E-state index is 0.0719. The number of amides is 1. The summed E-state index contributed by atoms with van der Waals surface area (Å²) in [5, 5.41) is 3.30. The molecule has 0 atom stereocenters. The first-order valence-electron chi connectivity index (χ1n) is 10.4. The molecule has 0 bridgehead atoms. The van der Waals surface area contributed by atoms with Crippen LogP contribution in [-0.2, 0) is 16.1 Å². The molecule has 1 aromatic carbocycles. The van der Waals surface area contributed by atoms with E-state index in [1.807, 2.05) is 17.9 Å². The number of likely N-dealkylation sites (tertiary alicyclic amines) is 1. The average molecular weight is 407 g/mol. The van der Waals surface area contributed by atoms with E-state index in [0.717, 1.165) is 37.5 Å². The number of morpholine rings is 1. The van der Waals surface area contributed by atoms with Crippen LogP contribution in [0.4, 0.5) is 4.39 Å². The lowest BCUT2D eigenvalue weighted by molar-refractivity contribution is -0.140. The summed E-state index contributed by atoms with van der Waals surface area (Å²) in [5.74, 6) is 1.01. The van der Waals surface area contributed by atoms with Gasteiger partial charge in [0.15, 0.2) is 17.5 Å². The molecule has 1 N–H and O–H groups in total. The van der Waals surface area contributed by atoms with E-state index in [0.29, 0.717) is 39.5 Å². The molecule has 8 heteroatoms. The van der Waals surface area contributed by atoms with Crippen molar-refractivity contribution >= 4 is 11.9 Å². The van der Waals surface area contributed by atoms with Crippen LogP contribution >= 0.6 is 0 Å². The number of hydrogen-bond donors (Lipinski definition) is 1. The van der Waals surface area contributed by atoms with Crippen molar-refractivity contribution in [2.45, 2.75) is 26.3 Å². The number of carbonyl (C=O) groups is 1. The molecule has 1 aromatic rings. The summed E-state index contributed by atoms with van der Waals surface area (Å²) in [4.78, 5) is 21.1. The standard InChI is InChI=1S/C21H31FN4O3/c1-3-29-19-5-4-16(14-18(19)22)15-24-21(23-2)26-8-6-17(7-9-26)20(27)25-10-12-28-13-11-25/h4-5,14,17H,3,6-13,15H2,1-2H3,(H,23,24). The fourth-order valence-electron chi connectivity index (χ4n) is 3.82. The molecule has 0 radical (unpaired) electrons. The molecule has 0 spiro atoms. The van der Waals surface area contributed by atoms with Gasteiger partial charge in [-0.15, -0.1) is 0 Å². The Morgan fingerprint density at radius 3 is 2.59 bits per heavy atom. The van der Waals surface area contributed by atoms with E-state index >= 15 is 0 Å². The molecule has 2 aliphatic heterocycles. The van der Waals surface area contributed by atoms with E-state index < -0.39 is 0 Å². The molecule has 160 valence electrons. The zero-order chi connectivity index (χ0) is 20.6. The smallest absolute Gasteiger partial charge is 0.225 e. The van der Waals surface area contributed by atoms with Crippen molar-refractivity contribution in [3.8, 4) is 5.75 Å². The largest absolute Gasteiger partial charge is 0.491 e. The predicted molar refractivity (Wildman–Crippen MR) is 109 cm³/mol. The fourth-order valence-corrected chi connectivity index (χ4v) is 3.82. The number of ether oxygens (including phenoxy) is 2. The van der Waals surface area contributed by atoms with Gasteiger partial charge in [0.25, 0.3) is 0 Å². The van der Waals surface area contributed by atoms with Gasteiger partial charge in [-0.3, -0.25) is 9.79 Å². The number of aliphatic imine (C=N–C) groups is 1. The van der Waals surface area contributed by atoms with Crippen molar-refractivity contribution in [1.29, 1.82) is 0 Å². The quantitative estimate of drug-likeness (QED) is 0.597. The van der Waals surface area contributed by atoms with Crippen molar-refractivity contribution in [2.75, 3.05) is 53.0 Å². The Bertz CT molecular complexity index is 714. The highest BCUT2D eigenvalue weighted by Gasteiger charge is 2.30. The molecule has 29 heavy (non-hydrogen) atoms. The molecule has 0 aromatic heterocycles. The topological polar surface area (TPSA) is 66.4 Å². The van der Waals surface area contributed by atoms with E-state index in [1.165, 1.54) is 6.07 Å². The molecule has 2 heterocycles. The number of nitrogens with one attached hydrogen (secondary N) is 1. The summed E-state index contributed by atoms with van der Waals surface area (Å²) in [6.45, 7) is 6.95. The Morgan fingerprint density at radius 1 is 1.24 bits per heavy atom. The Labute approximate surface area is 171 Å². The van der Waals surface area contributed by atoms with Gasteiger partial charge in [-0.05, 0) is 37.5 Å². The van der Waals surface area contributed by atoms with Gasteiger partial charge in [0.05, 0.1) is 19.8 Å². The number of guanidine groups is 1. The number of piperidine rings is 1. The molecule has 2 aliphatic rings. The summed E-state index contributed by atoms with van der Waals surface area (Å²) in [6.07, 6.45) is 1.63. The van der Waals surface area contributed by atoms with Gasteiger partial charge in [-0.25, -0.2) is 4.39 Å². The maximum atomic E-state index is 14.0. The molecular weight excluding hydrogens is 375 g/mol. The van der Waals surface area contributed by atoms with Crippen LogP contribution in [0.3, 0.4) is 0 Å². The lowest BCUT2D eigenvalue weighted by atomic mass is 9.95. The first-order valence-corrected chi connectivity index (χ1v) is 10.4. The van der Waals surface area contributed by atoms with Crippen LogP contribution in [0.25, 0.3) is 0 Å². The van der Waals surface area contributed by atoms with E-state index in [2.05, 4.69) is 15.2 Å². The van der Waals surface area contributed by atoms with Crippen LogP contribution in [0.5, 0.6) is 5.75 Å². The van der Waals surface area contributed by atoms with Gasteiger partial charge < -0.3 is 24.6 Å². The average Bonchev–Trinajstić information content (AvgIpc) is 2.76. The van der Waals surface area contributed by atoms with E-state index in [4.69, 9.17) is 9.47 Å². The molecule has 1 amide bonds. The minimum Gasteiger partial charge on any atom is -0.491 e. The minimum atomic E-state index is -0.358. The number of carbonyl (C=O) groups excluding carboxylic acids is 1. The molecule has 2 saturated heterocycles. The van der Waals surface area contributed by atoms with Gasteiger partial charge in [0, 0.05) is 45.7 Å². The first-order chi connectivity index (χ1) is 14.1. The molecule has 3 rings (SSSR count). The van der Waals surface area contributed by atoms with Crippen molar-refractivity contribution in [3.63, 3.8) is 0 Å². The van der Waals surface area contributed by atoms with E-state index in [1.54, 1.807) is 13.1 Å². The summed E-state index contributed by atoms with van der Waals surface area (Å²) >= 11 is 0. The fraction of sp³-hybridized carbons (Fsp3) is 0.619. The number of nitrogens with zero attached hydrogens (tertiary/aromatic N) is 3. The lowest BCUT2D eigenvalue weighted by Gasteiger charge is -2.36. The normalized spacial score (nSPS) is 18.7. The van der Waals surface area contributed by atoms with Crippen LogP contribution in [-0.4, -0.2) is 74.7 Å². The van der Waals surface area contributed by atoms with E-state index in [-0.39, 0.29) is 23.4 Å². The zero-order valence-electron chi connectivity index (χ0n) is 17.3. The highest BCUT2D eigenvalue weighted by Crippen LogP contribution is 2.21. The maximum absolute atomic E-state index is 14.0. The molecular formula is C21H31FN4O3. The van der Waals surface area contributed by atoms with Crippen LogP contribution in [0.1, 0.15) is 25.3 Å². The predicted octanol–water partition coefficient (Wildman–Crippen LogP) is 1.87. The number of halogens is 1. The lowest BCUT2D eigenvalue weighted by Crippen LogP contribution is -2.49. The highest BCUT2D eigenvalue weighted by atomic mass is 19.1. The molecule has 0 saturated carbocycles. The van der Waals surface area contributed by atoms with Crippen molar-refractivity contribution in [2.24, 2.45) is 10.9 Å². The second-order valence-electron chi connectivity index (χ2n) is 7.30. The van der Waals surface area contributed by atoms with Crippen LogP contribution in [0, 0.1) is 11.7 Å². The van der Waals surface area contributed by atoms with Gasteiger partial charge >= 0.3 is 0 Å². The van der Waals surface area contributed by atoms with Gasteiger partial charge in [0.2, 0.25) is 5.91 Å². The van der Waals surface area contributed by atoms with Gasteiger partial charge in [0.1, 0.15) is 0 Å².